The minimum atomic E-state index is -0.876. The van der Waals surface area contributed by atoms with Gasteiger partial charge in [0.1, 0.15) is 5.51 Å². The van der Waals surface area contributed by atoms with Crippen LogP contribution < -0.4 is 4.90 Å². The third kappa shape index (κ3) is 2.63. The zero-order valence-corrected chi connectivity index (χ0v) is 15.4. The van der Waals surface area contributed by atoms with E-state index in [1.807, 2.05) is 0 Å². The van der Waals surface area contributed by atoms with Crippen LogP contribution in [0, 0.1) is 0 Å². The molecule has 0 bridgehead atoms. The Morgan fingerprint density at radius 2 is 2.00 bits per heavy atom. The molecule has 0 unspecified atom stereocenters. The third-order valence-corrected chi connectivity index (χ3v) is 5.85. The molecule has 4 rings (SSSR count). The highest BCUT2D eigenvalue weighted by molar-refractivity contribution is 7.13. The number of aliphatic hydroxyl groups excluding tert-OH is 1. The highest BCUT2D eigenvalue weighted by atomic mass is 35.5. The number of hydrogen-bond donors (Lipinski definition) is 1. The third-order valence-electron chi connectivity index (χ3n) is 3.95. The van der Waals surface area contributed by atoms with Crippen LogP contribution in [0.25, 0.3) is 0 Å². The van der Waals surface area contributed by atoms with Crippen molar-refractivity contribution < 1.29 is 14.7 Å². The number of halogens is 1. The van der Waals surface area contributed by atoms with Crippen molar-refractivity contribution in [2.24, 2.45) is 0 Å². The van der Waals surface area contributed by atoms with Gasteiger partial charge in [-0.3, -0.25) is 14.5 Å². The van der Waals surface area contributed by atoms with Crippen LogP contribution in [0.3, 0.4) is 0 Å². The summed E-state index contributed by atoms with van der Waals surface area (Å²) in [5.74, 6) is -1.71. The topological polar surface area (TPSA) is 83.4 Å². The molecule has 2 aromatic heterocycles. The standard InChI is InChI=1S/C17H10ClN3O3S2/c18-10-5-2-1-4-9(10)13-12(14(22)11-6-3-7-25-11)15(23)16(24)21(13)17-20-19-8-26-17/h1-8,13,23H/t13-/m1/s1. The minimum absolute atomic E-state index is 0.0132. The van der Waals surface area contributed by atoms with E-state index in [1.165, 1.54) is 21.7 Å². The second kappa shape index (κ2) is 6.64. The second-order valence-electron chi connectivity index (χ2n) is 5.39. The van der Waals surface area contributed by atoms with Crippen molar-refractivity contribution in [2.75, 3.05) is 4.90 Å². The molecule has 1 N–H and O–H groups in total. The Hall–Kier alpha value is -2.55. The van der Waals surface area contributed by atoms with Crippen LogP contribution in [0.4, 0.5) is 5.13 Å². The first kappa shape index (κ1) is 16.9. The number of hydrogen-bond acceptors (Lipinski definition) is 7. The fraction of sp³-hybridized carbons (Fsp3) is 0.0588. The van der Waals surface area contributed by atoms with Crippen molar-refractivity contribution in [3.63, 3.8) is 0 Å². The van der Waals surface area contributed by atoms with Gasteiger partial charge in [0.2, 0.25) is 10.9 Å². The molecule has 0 spiro atoms. The number of carbonyl (C=O) groups is 2. The lowest BCUT2D eigenvalue weighted by Crippen LogP contribution is -2.31. The van der Waals surface area contributed by atoms with Crippen molar-refractivity contribution in [3.8, 4) is 0 Å². The van der Waals surface area contributed by atoms with Gasteiger partial charge in [0, 0.05) is 5.02 Å². The van der Waals surface area contributed by atoms with E-state index < -0.39 is 23.5 Å². The molecule has 26 heavy (non-hydrogen) atoms. The van der Waals surface area contributed by atoms with E-state index in [-0.39, 0.29) is 10.7 Å². The molecule has 1 atom stereocenters. The molecule has 0 aliphatic carbocycles. The highest BCUT2D eigenvalue weighted by Crippen LogP contribution is 2.44. The van der Waals surface area contributed by atoms with E-state index in [2.05, 4.69) is 10.2 Å². The zero-order chi connectivity index (χ0) is 18.3. The molecular formula is C17H10ClN3O3S2. The summed E-state index contributed by atoms with van der Waals surface area (Å²) in [6.45, 7) is 0. The van der Waals surface area contributed by atoms with Crippen LogP contribution in [-0.2, 0) is 4.79 Å². The average Bonchev–Trinajstić information content (AvgIpc) is 3.37. The number of ketones is 1. The van der Waals surface area contributed by atoms with Gasteiger partial charge >= 0.3 is 0 Å². The van der Waals surface area contributed by atoms with Gasteiger partial charge in [-0.15, -0.1) is 21.5 Å². The first-order valence-corrected chi connectivity index (χ1v) is 9.59. The van der Waals surface area contributed by atoms with E-state index in [1.54, 1.807) is 41.8 Å². The molecule has 0 radical (unpaired) electrons. The predicted octanol–water partition coefficient (Wildman–Crippen LogP) is 4.04. The van der Waals surface area contributed by atoms with Gasteiger partial charge in [-0.2, -0.15) is 0 Å². The summed E-state index contributed by atoms with van der Waals surface area (Å²) in [5.41, 5.74) is 1.99. The average molecular weight is 404 g/mol. The summed E-state index contributed by atoms with van der Waals surface area (Å²) in [6, 6.07) is 9.40. The van der Waals surface area contributed by atoms with Crippen molar-refractivity contribution in [1.82, 2.24) is 10.2 Å². The molecule has 6 nitrogen and oxygen atoms in total. The number of amides is 1. The summed E-state index contributed by atoms with van der Waals surface area (Å²) >= 11 is 8.71. The Balaban J connectivity index is 1.91. The Bertz CT molecular complexity index is 1020. The molecule has 0 saturated heterocycles. The summed E-state index contributed by atoms with van der Waals surface area (Å²) in [4.78, 5) is 27.4. The van der Waals surface area contributed by atoms with E-state index in [9.17, 15) is 14.7 Å². The molecular weight excluding hydrogens is 394 g/mol. The van der Waals surface area contributed by atoms with Crippen molar-refractivity contribution >= 4 is 51.1 Å². The molecule has 1 aliphatic heterocycles. The SMILES string of the molecule is O=C(C1=C(O)C(=O)N(c2nncs2)[C@@H]1c1ccccc1Cl)c1cccs1. The lowest BCUT2D eigenvalue weighted by atomic mass is 9.95. The molecule has 3 aromatic rings. The normalized spacial score (nSPS) is 17.2. The van der Waals surface area contributed by atoms with Gasteiger partial charge in [-0.1, -0.05) is 47.2 Å². The van der Waals surface area contributed by atoms with Crippen LogP contribution in [0.5, 0.6) is 0 Å². The van der Waals surface area contributed by atoms with Gasteiger partial charge in [-0.05, 0) is 23.1 Å². The lowest BCUT2D eigenvalue weighted by Gasteiger charge is -2.24. The van der Waals surface area contributed by atoms with Crippen molar-refractivity contribution in [1.29, 1.82) is 0 Å². The molecule has 1 amide bonds. The number of benzene rings is 1. The van der Waals surface area contributed by atoms with Gasteiger partial charge in [0.05, 0.1) is 16.5 Å². The van der Waals surface area contributed by atoms with Crippen LogP contribution in [-0.4, -0.2) is 27.0 Å². The van der Waals surface area contributed by atoms with E-state index in [0.29, 0.717) is 15.5 Å². The summed E-state index contributed by atoms with van der Waals surface area (Å²) in [6.07, 6.45) is 0. The lowest BCUT2D eigenvalue weighted by molar-refractivity contribution is -0.117. The predicted molar refractivity (Wildman–Crippen MR) is 99.9 cm³/mol. The molecule has 0 saturated carbocycles. The van der Waals surface area contributed by atoms with Gasteiger partial charge in [0.15, 0.2) is 5.76 Å². The summed E-state index contributed by atoms with van der Waals surface area (Å²) in [5, 5.41) is 20.6. The van der Waals surface area contributed by atoms with E-state index in [4.69, 9.17) is 11.6 Å². The number of aliphatic hydroxyl groups is 1. The Morgan fingerprint density at radius 1 is 1.19 bits per heavy atom. The van der Waals surface area contributed by atoms with Crippen LogP contribution in [0.2, 0.25) is 5.02 Å². The fourth-order valence-corrected chi connectivity index (χ4v) is 4.34. The second-order valence-corrected chi connectivity index (χ2v) is 7.56. The number of nitrogens with zero attached hydrogens (tertiary/aromatic N) is 3. The van der Waals surface area contributed by atoms with Gasteiger partial charge in [0.25, 0.3) is 5.91 Å². The smallest absolute Gasteiger partial charge is 0.296 e. The molecule has 9 heteroatoms. The summed E-state index contributed by atoms with van der Waals surface area (Å²) in [7, 11) is 0. The number of rotatable bonds is 4. The Kier molecular flexibility index (Phi) is 4.31. The first-order valence-electron chi connectivity index (χ1n) is 7.45. The molecule has 0 fully saturated rings. The number of carbonyl (C=O) groups excluding carboxylic acids is 2. The Labute approximate surface area is 161 Å². The molecule has 1 aromatic carbocycles. The van der Waals surface area contributed by atoms with Gasteiger partial charge in [-0.25, -0.2) is 0 Å². The quantitative estimate of drug-likeness (QED) is 0.665. The fourth-order valence-electron chi connectivity index (χ4n) is 2.84. The van der Waals surface area contributed by atoms with Crippen molar-refractivity contribution in [3.05, 3.63) is 74.1 Å². The highest BCUT2D eigenvalue weighted by Gasteiger charge is 2.46. The van der Waals surface area contributed by atoms with Crippen LogP contribution in [0.1, 0.15) is 21.3 Å². The molecule has 1 aliphatic rings. The van der Waals surface area contributed by atoms with Crippen LogP contribution in [0.15, 0.2) is 58.6 Å². The number of thiophene rings is 1. The maximum absolute atomic E-state index is 13.0. The number of aromatic nitrogens is 2. The van der Waals surface area contributed by atoms with E-state index in [0.717, 1.165) is 11.3 Å². The maximum Gasteiger partial charge on any atom is 0.296 e. The molecule has 3 heterocycles. The Morgan fingerprint density at radius 3 is 2.65 bits per heavy atom. The first-order chi connectivity index (χ1) is 12.6. The minimum Gasteiger partial charge on any atom is -0.503 e. The zero-order valence-electron chi connectivity index (χ0n) is 13.0. The molecule has 130 valence electrons. The number of anilines is 1. The maximum atomic E-state index is 13.0. The largest absolute Gasteiger partial charge is 0.503 e. The van der Waals surface area contributed by atoms with Crippen LogP contribution >= 0.6 is 34.3 Å². The number of Topliss-reactive ketones (excluding diaryl/α,β-unsaturated/α-hetero) is 1. The summed E-state index contributed by atoms with van der Waals surface area (Å²) < 4.78 is 0. The van der Waals surface area contributed by atoms with Crippen molar-refractivity contribution in [2.45, 2.75) is 6.04 Å². The van der Waals surface area contributed by atoms with Gasteiger partial charge < -0.3 is 5.11 Å². The monoisotopic (exact) mass is 403 g/mol. The van der Waals surface area contributed by atoms with E-state index >= 15 is 0 Å².